The van der Waals surface area contributed by atoms with E-state index in [0.717, 1.165) is 0 Å². The van der Waals surface area contributed by atoms with Gasteiger partial charge in [-0.05, 0) is 63.6 Å². The van der Waals surface area contributed by atoms with Crippen LogP contribution < -0.4 is 9.46 Å². The molecule has 0 saturated heterocycles. The highest BCUT2D eigenvalue weighted by molar-refractivity contribution is 7.90. The molecule has 0 amide bonds. The first kappa shape index (κ1) is 31.2. The first-order valence-corrected chi connectivity index (χ1v) is 14.3. The molecule has 0 aliphatic rings. The topological polar surface area (TPSA) is 134 Å². The third-order valence-electron chi connectivity index (χ3n) is 6.40. The SMILES string of the molecule is COCc1cc2cc(COc3cc(C(C)=O)ccc3CC(=O)O)cc(-c3ccnc(CN[S@@+]([O-])C(C)(C)C)c3F)c2o1. The highest BCUT2D eigenvalue weighted by Gasteiger charge is 2.27. The molecular weight excluding hydrogens is 563 g/mol. The van der Waals surface area contributed by atoms with E-state index in [0.29, 0.717) is 39.0 Å². The molecule has 4 aromatic rings. The number of carboxylic acids is 1. The van der Waals surface area contributed by atoms with Crippen LogP contribution in [0, 0.1) is 5.82 Å². The number of methoxy groups -OCH3 is 1. The van der Waals surface area contributed by atoms with Crippen molar-refractivity contribution in [3.63, 3.8) is 0 Å². The Labute approximate surface area is 246 Å². The van der Waals surface area contributed by atoms with Crippen LogP contribution in [0.5, 0.6) is 5.75 Å². The van der Waals surface area contributed by atoms with Gasteiger partial charge in [0, 0.05) is 52.3 Å². The average Bonchev–Trinajstić information content (AvgIpc) is 3.33. The summed E-state index contributed by atoms with van der Waals surface area (Å²) in [7, 11) is 1.54. The van der Waals surface area contributed by atoms with E-state index in [1.54, 1.807) is 37.4 Å². The standard InChI is InChI=1S/C31H33FN2O7S/c1-18(35)20-6-7-21(14-28(36)37)27(13-20)40-16-19-10-22-12-23(17-39-5)41-30(22)25(11-19)24-8-9-33-26(29(24)32)15-34-42(38)31(2,3)4/h6-13,34H,14-17H2,1-5H3,(H,36,37)/t42-/m0/s1. The molecule has 0 unspecified atom stereocenters. The number of carbonyl (C=O) groups is 2. The number of hydrogen-bond donors (Lipinski definition) is 2. The van der Waals surface area contributed by atoms with Crippen molar-refractivity contribution >= 4 is 34.1 Å². The lowest BCUT2D eigenvalue weighted by molar-refractivity contribution is -0.136. The number of aliphatic carboxylic acids is 1. The number of rotatable bonds is 12. The van der Waals surface area contributed by atoms with Gasteiger partial charge in [0.2, 0.25) is 0 Å². The van der Waals surface area contributed by atoms with E-state index in [2.05, 4.69) is 9.71 Å². The molecule has 0 aliphatic heterocycles. The average molecular weight is 597 g/mol. The van der Waals surface area contributed by atoms with Gasteiger partial charge in [-0.1, -0.05) is 12.1 Å². The molecule has 0 bridgehead atoms. The molecule has 2 aromatic heterocycles. The summed E-state index contributed by atoms with van der Waals surface area (Å²) >= 11 is -1.42. The minimum Gasteiger partial charge on any atom is -0.598 e. The van der Waals surface area contributed by atoms with Crippen molar-refractivity contribution in [2.75, 3.05) is 7.11 Å². The van der Waals surface area contributed by atoms with Gasteiger partial charge in [0.15, 0.2) is 11.6 Å². The van der Waals surface area contributed by atoms with Gasteiger partial charge in [-0.2, -0.15) is 0 Å². The van der Waals surface area contributed by atoms with Gasteiger partial charge < -0.3 is 23.6 Å². The summed E-state index contributed by atoms with van der Waals surface area (Å²) in [4.78, 5) is 27.5. The summed E-state index contributed by atoms with van der Waals surface area (Å²) in [5.41, 5.74) is 2.70. The third kappa shape index (κ3) is 7.35. The van der Waals surface area contributed by atoms with Gasteiger partial charge in [0.25, 0.3) is 0 Å². The van der Waals surface area contributed by atoms with Crippen LogP contribution in [0.1, 0.15) is 60.6 Å². The zero-order chi connectivity index (χ0) is 30.6. The molecule has 9 nitrogen and oxygen atoms in total. The minimum absolute atomic E-state index is 0.00733. The summed E-state index contributed by atoms with van der Waals surface area (Å²) in [6.07, 6.45) is 1.20. The lowest BCUT2D eigenvalue weighted by atomic mass is 10.00. The van der Waals surface area contributed by atoms with Gasteiger partial charge in [-0.3, -0.25) is 14.6 Å². The van der Waals surface area contributed by atoms with E-state index in [4.69, 9.17) is 13.9 Å². The maximum Gasteiger partial charge on any atom is 0.307 e. The fraction of sp³-hybridized carbons (Fsp3) is 0.323. The second kappa shape index (κ2) is 13.0. The number of halogens is 1. The number of nitrogens with zero attached hydrogens (tertiary/aromatic N) is 1. The largest absolute Gasteiger partial charge is 0.598 e. The quantitative estimate of drug-likeness (QED) is 0.155. The van der Waals surface area contributed by atoms with Crippen molar-refractivity contribution in [3.05, 3.63) is 82.6 Å². The number of pyridine rings is 1. The predicted octanol–water partition coefficient (Wildman–Crippen LogP) is 5.74. The normalized spacial score (nSPS) is 12.5. The number of Topliss-reactive ketones (excluding diaryl/α,β-unsaturated/α-hetero) is 1. The van der Waals surface area contributed by atoms with Crippen LogP contribution in [-0.2, 0) is 47.1 Å². The first-order chi connectivity index (χ1) is 19.9. The van der Waals surface area contributed by atoms with Crippen molar-refractivity contribution in [1.29, 1.82) is 0 Å². The maximum absolute atomic E-state index is 15.9. The second-order valence-electron chi connectivity index (χ2n) is 10.8. The third-order valence-corrected chi connectivity index (χ3v) is 7.92. The highest BCUT2D eigenvalue weighted by atomic mass is 32.2. The zero-order valence-corrected chi connectivity index (χ0v) is 24.9. The fourth-order valence-electron chi connectivity index (χ4n) is 4.31. The van der Waals surface area contributed by atoms with Crippen molar-refractivity contribution < 1.29 is 37.5 Å². The molecule has 0 spiro atoms. The van der Waals surface area contributed by atoms with E-state index in [1.807, 2.05) is 26.8 Å². The Kier molecular flexibility index (Phi) is 9.67. The van der Waals surface area contributed by atoms with Crippen LogP contribution in [0.25, 0.3) is 22.1 Å². The number of aromatic nitrogens is 1. The van der Waals surface area contributed by atoms with E-state index < -0.39 is 27.9 Å². The zero-order valence-electron chi connectivity index (χ0n) is 24.1. The Morgan fingerprint density at radius 3 is 2.55 bits per heavy atom. The molecule has 0 aliphatic carbocycles. The summed E-state index contributed by atoms with van der Waals surface area (Å²) in [5.74, 6) is -0.985. The van der Waals surface area contributed by atoms with Crippen LogP contribution in [0.4, 0.5) is 4.39 Å². The Hall–Kier alpha value is -3.77. The van der Waals surface area contributed by atoms with Crippen LogP contribution in [0.15, 0.2) is 53.1 Å². The number of furan rings is 1. The maximum atomic E-state index is 15.9. The summed E-state index contributed by atoms with van der Waals surface area (Å²) in [5, 5.41) is 10.0. The van der Waals surface area contributed by atoms with Gasteiger partial charge in [-0.15, -0.1) is 4.72 Å². The molecular formula is C31H33FN2O7S. The van der Waals surface area contributed by atoms with Gasteiger partial charge >= 0.3 is 5.97 Å². The number of hydrogen-bond acceptors (Lipinski definition) is 8. The molecule has 2 heterocycles. The van der Waals surface area contributed by atoms with Gasteiger partial charge in [-0.25, -0.2) is 4.39 Å². The molecule has 0 saturated carbocycles. The number of benzene rings is 2. The molecule has 2 N–H and O–H groups in total. The molecule has 0 fully saturated rings. The van der Waals surface area contributed by atoms with Crippen LogP contribution in [0.2, 0.25) is 0 Å². The van der Waals surface area contributed by atoms with Crippen LogP contribution in [0.3, 0.4) is 0 Å². The lowest BCUT2D eigenvalue weighted by Crippen LogP contribution is -2.39. The van der Waals surface area contributed by atoms with E-state index in [-0.39, 0.29) is 49.0 Å². The minimum atomic E-state index is -1.42. The van der Waals surface area contributed by atoms with E-state index in [9.17, 15) is 19.2 Å². The molecule has 1 atom stereocenters. The van der Waals surface area contributed by atoms with Crippen molar-refractivity contribution in [1.82, 2.24) is 9.71 Å². The first-order valence-electron chi connectivity index (χ1n) is 13.2. The number of carboxylic acid groups (broad SMARTS) is 1. The number of ether oxygens (including phenoxy) is 2. The van der Waals surface area contributed by atoms with Crippen LogP contribution >= 0.6 is 0 Å². The molecule has 11 heteroatoms. The molecule has 2 aromatic carbocycles. The van der Waals surface area contributed by atoms with Crippen molar-refractivity contribution in [3.8, 4) is 16.9 Å². The van der Waals surface area contributed by atoms with Crippen molar-refractivity contribution in [2.24, 2.45) is 0 Å². The molecule has 222 valence electrons. The van der Waals surface area contributed by atoms with E-state index >= 15 is 4.39 Å². The fourth-order valence-corrected chi connectivity index (χ4v) is 5.01. The number of nitrogens with one attached hydrogen (secondary N) is 1. The van der Waals surface area contributed by atoms with Crippen molar-refractivity contribution in [2.45, 2.75) is 58.6 Å². The number of fused-ring (bicyclic) bond motifs is 1. The summed E-state index contributed by atoms with van der Waals surface area (Å²) in [6.45, 7) is 7.04. The predicted molar refractivity (Wildman–Crippen MR) is 157 cm³/mol. The van der Waals surface area contributed by atoms with Crippen LogP contribution in [-0.4, -0.2) is 38.3 Å². The second-order valence-corrected chi connectivity index (χ2v) is 12.8. The van der Waals surface area contributed by atoms with E-state index in [1.165, 1.54) is 19.2 Å². The van der Waals surface area contributed by atoms with Gasteiger partial charge in [0.1, 0.15) is 35.1 Å². The lowest BCUT2D eigenvalue weighted by Gasteiger charge is -2.23. The highest BCUT2D eigenvalue weighted by Crippen LogP contribution is 2.35. The molecule has 4 rings (SSSR count). The Bertz CT molecular complexity index is 1610. The Morgan fingerprint density at radius 2 is 1.88 bits per heavy atom. The molecule has 0 radical (unpaired) electrons. The number of carbonyl (C=O) groups excluding carboxylic acids is 1. The summed E-state index contributed by atoms with van der Waals surface area (Å²) < 4.78 is 48.0. The Balaban J connectivity index is 1.73. The summed E-state index contributed by atoms with van der Waals surface area (Å²) in [6, 6.07) is 11.6. The smallest absolute Gasteiger partial charge is 0.307 e. The van der Waals surface area contributed by atoms with Gasteiger partial charge in [0.05, 0.1) is 18.7 Å². The number of ketones is 1. The Morgan fingerprint density at radius 1 is 1.12 bits per heavy atom. The monoisotopic (exact) mass is 596 g/mol. The molecule has 42 heavy (non-hydrogen) atoms.